The highest BCUT2D eigenvalue weighted by atomic mass is 19.4. The molecule has 8 nitrogen and oxygen atoms in total. The molecule has 0 amide bonds. The Kier molecular flexibility index (Phi) is 5.51. The molecular formula is C22H24F3N7O. The van der Waals surface area contributed by atoms with E-state index in [-0.39, 0.29) is 18.1 Å². The van der Waals surface area contributed by atoms with Crippen molar-refractivity contribution in [1.82, 2.24) is 29.7 Å². The summed E-state index contributed by atoms with van der Waals surface area (Å²) in [5, 5.41) is 4.44. The number of hydrogen-bond acceptors (Lipinski definition) is 7. The van der Waals surface area contributed by atoms with Gasteiger partial charge in [0.1, 0.15) is 11.6 Å². The van der Waals surface area contributed by atoms with Gasteiger partial charge in [-0.3, -0.25) is 4.68 Å². The smallest absolute Gasteiger partial charge is 0.370 e. The largest absolute Gasteiger partial charge is 0.389 e. The molecule has 2 fully saturated rings. The van der Waals surface area contributed by atoms with Crippen LogP contribution in [0, 0.1) is 6.92 Å². The van der Waals surface area contributed by atoms with E-state index in [1.165, 1.54) is 0 Å². The normalized spacial score (nSPS) is 19.3. The number of aryl methyl sites for hydroxylation is 1. The zero-order valence-electron chi connectivity index (χ0n) is 18.2. The van der Waals surface area contributed by atoms with Crippen LogP contribution in [-0.2, 0) is 4.74 Å². The van der Waals surface area contributed by atoms with E-state index in [4.69, 9.17) is 4.74 Å². The molecule has 1 atom stereocenters. The van der Waals surface area contributed by atoms with Gasteiger partial charge in [0.05, 0.1) is 36.8 Å². The van der Waals surface area contributed by atoms with Gasteiger partial charge in [0.15, 0.2) is 5.65 Å². The Hall–Kier alpha value is -3.08. The number of nitrogens with zero attached hydrogens (tertiary/aromatic N) is 7. The van der Waals surface area contributed by atoms with Crippen LogP contribution >= 0.6 is 0 Å². The molecule has 1 aliphatic carbocycles. The number of anilines is 1. The molecule has 11 heteroatoms. The Morgan fingerprint density at radius 3 is 2.79 bits per heavy atom. The fourth-order valence-electron chi connectivity index (χ4n) is 3.87. The number of hydrogen-bond donors (Lipinski definition) is 0. The molecule has 5 rings (SSSR count). The molecule has 3 aromatic heterocycles. The first-order chi connectivity index (χ1) is 15.8. The fourth-order valence-corrected chi connectivity index (χ4v) is 3.87. The third-order valence-corrected chi connectivity index (χ3v) is 5.83. The van der Waals surface area contributed by atoms with Crippen LogP contribution in [-0.4, -0.2) is 55.6 Å². The van der Waals surface area contributed by atoms with Gasteiger partial charge in [-0.25, -0.2) is 15.0 Å². The highest BCUT2D eigenvalue weighted by Crippen LogP contribution is 2.35. The summed E-state index contributed by atoms with van der Waals surface area (Å²) in [6.45, 7) is 7.16. The predicted octanol–water partition coefficient (Wildman–Crippen LogP) is 4.19. The van der Waals surface area contributed by atoms with E-state index in [0.717, 1.165) is 18.4 Å². The van der Waals surface area contributed by atoms with Crippen molar-refractivity contribution < 1.29 is 17.9 Å². The molecule has 0 aromatic carbocycles. The number of fused-ring (bicyclic) bond motifs is 1. The molecule has 33 heavy (non-hydrogen) atoms. The van der Waals surface area contributed by atoms with Gasteiger partial charge < -0.3 is 9.64 Å². The predicted molar refractivity (Wildman–Crippen MR) is 116 cm³/mol. The summed E-state index contributed by atoms with van der Waals surface area (Å²) < 4.78 is 46.3. The molecule has 4 heterocycles. The molecule has 0 N–H and O–H groups in total. The van der Waals surface area contributed by atoms with Crippen molar-refractivity contribution in [3.05, 3.63) is 42.1 Å². The van der Waals surface area contributed by atoms with Crippen LogP contribution in [0.3, 0.4) is 0 Å². The number of morpholine rings is 1. The quantitative estimate of drug-likeness (QED) is 0.547. The second kappa shape index (κ2) is 8.36. The van der Waals surface area contributed by atoms with Gasteiger partial charge in [-0.2, -0.15) is 23.3 Å². The summed E-state index contributed by atoms with van der Waals surface area (Å²) in [6, 6.07) is 0.481. The topological polar surface area (TPSA) is 81.9 Å². The second-order valence-electron chi connectivity index (χ2n) is 8.56. The Morgan fingerprint density at radius 1 is 1.21 bits per heavy atom. The van der Waals surface area contributed by atoms with Crippen LogP contribution in [0.2, 0.25) is 0 Å². The molecule has 1 unspecified atom stereocenters. The van der Waals surface area contributed by atoms with Gasteiger partial charge in [-0.15, -0.1) is 0 Å². The summed E-state index contributed by atoms with van der Waals surface area (Å²) in [4.78, 5) is 19.9. The Morgan fingerprint density at radius 2 is 2.03 bits per heavy atom. The number of alkyl halides is 3. The van der Waals surface area contributed by atoms with E-state index < -0.39 is 12.6 Å². The maximum absolute atomic E-state index is 12.8. The zero-order chi connectivity index (χ0) is 23.2. The molecule has 1 aliphatic heterocycles. The molecule has 2 aliphatic rings. The van der Waals surface area contributed by atoms with Crippen molar-refractivity contribution >= 4 is 22.7 Å². The van der Waals surface area contributed by atoms with Crippen molar-refractivity contribution in [2.45, 2.75) is 50.9 Å². The van der Waals surface area contributed by atoms with Crippen LogP contribution in [0.4, 0.5) is 19.1 Å². The van der Waals surface area contributed by atoms with Crippen molar-refractivity contribution in [3.63, 3.8) is 0 Å². The van der Waals surface area contributed by atoms with E-state index in [0.29, 0.717) is 54.2 Å². The minimum Gasteiger partial charge on any atom is -0.370 e. The molecule has 0 bridgehead atoms. The van der Waals surface area contributed by atoms with Gasteiger partial charge in [-0.1, -0.05) is 6.58 Å². The lowest BCUT2D eigenvalue weighted by Crippen LogP contribution is -2.39. The van der Waals surface area contributed by atoms with Crippen LogP contribution < -0.4 is 4.90 Å². The van der Waals surface area contributed by atoms with Gasteiger partial charge in [0.25, 0.3) is 0 Å². The van der Waals surface area contributed by atoms with Gasteiger partial charge in [0, 0.05) is 30.9 Å². The standard InChI is InChI=1S/C22H24F3N7O/c1-13(5-6-22(23,24)25)18-19-20(28-14(2)9-26-19)30-21(29-18)31-7-8-33-17(12-31)15-10-27-32(11-15)16-3-4-16/h9-11,16-17H,1,3-8,12H2,2H3. The molecule has 1 saturated heterocycles. The number of aromatic nitrogens is 6. The number of rotatable bonds is 6. The van der Waals surface area contributed by atoms with E-state index >= 15 is 0 Å². The van der Waals surface area contributed by atoms with Gasteiger partial charge in [-0.05, 0) is 31.8 Å². The zero-order valence-corrected chi connectivity index (χ0v) is 18.2. The van der Waals surface area contributed by atoms with Crippen molar-refractivity contribution in [2.24, 2.45) is 0 Å². The molecule has 0 radical (unpaired) electrons. The summed E-state index contributed by atoms with van der Waals surface area (Å²) in [7, 11) is 0. The van der Waals surface area contributed by atoms with E-state index in [1.807, 2.05) is 22.0 Å². The lowest BCUT2D eigenvalue weighted by atomic mass is 10.1. The van der Waals surface area contributed by atoms with E-state index in [9.17, 15) is 13.2 Å². The van der Waals surface area contributed by atoms with Crippen LogP contribution in [0.15, 0.2) is 25.2 Å². The summed E-state index contributed by atoms with van der Waals surface area (Å²) in [6.07, 6.45) is 1.96. The van der Waals surface area contributed by atoms with Gasteiger partial charge >= 0.3 is 6.18 Å². The average molecular weight is 459 g/mol. The minimum atomic E-state index is -4.28. The average Bonchev–Trinajstić information content (AvgIpc) is 3.52. The molecular weight excluding hydrogens is 435 g/mol. The first kappa shape index (κ1) is 21.7. The third-order valence-electron chi connectivity index (χ3n) is 5.83. The number of allylic oxidation sites excluding steroid dienone is 1. The Labute approximate surface area is 188 Å². The minimum absolute atomic E-state index is 0.203. The molecule has 174 valence electrons. The maximum Gasteiger partial charge on any atom is 0.389 e. The highest BCUT2D eigenvalue weighted by molar-refractivity contribution is 5.84. The first-order valence-corrected chi connectivity index (χ1v) is 10.9. The fraction of sp³-hybridized carbons (Fsp3) is 0.500. The summed E-state index contributed by atoms with van der Waals surface area (Å²) in [5.74, 6) is 0.383. The Balaban J connectivity index is 1.44. The van der Waals surface area contributed by atoms with Gasteiger partial charge in [0.2, 0.25) is 5.95 Å². The Bertz CT molecular complexity index is 1190. The van der Waals surface area contributed by atoms with E-state index in [1.54, 1.807) is 13.1 Å². The maximum atomic E-state index is 12.8. The molecule has 3 aromatic rings. The second-order valence-corrected chi connectivity index (χ2v) is 8.56. The van der Waals surface area contributed by atoms with Crippen molar-refractivity contribution in [2.75, 3.05) is 24.6 Å². The summed E-state index contributed by atoms with van der Waals surface area (Å²) in [5.41, 5.74) is 2.90. The number of ether oxygens (including phenoxy) is 1. The number of halogens is 3. The van der Waals surface area contributed by atoms with Crippen molar-refractivity contribution in [1.29, 1.82) is 0 Å². The van der Waals surface area contributed by atoms with Crippen molar-refractivity contribution in [3.8, 4) is 0 Å². The SMILES string of the molecule is C=C(CCC(F)(F)F)c1nc(N2CCOC(c3cnn(C4CC4)c3)C2)nc2nc(C)cnc12. The third kappa shape index (κ3) is 4.82. The first-order valence-electron chi connectivity index (χ1n) is 10.9. The van der Waals surface area contributed by atoms with Crippen LogP contribution in [0.1, 0.15) is 54.8 Å². The lowest BCUT2D eigenvalue weighted by molar-refractivity contribution is -0.133. The van der Waals surface area contributed by atoms with E-state index in [2.05, 4.69) is 31.6 Å². The molecule has 1 saturated carbocycles. The van der Waals surface area contributed by atoms with Crippen LogP contribution in [0.5, 0.6) is 0 Å². The lowest BCUT2D eigenvalue weighted by Gasteiger charge is -2.32. The monoisotopic (exact) mass is 459 g/mol. The molecule has 0 spiro atoms. The highest BCUT2D eigenvalue weighted by Gasteiger charge is 2.30. The summed E-state index contributed by atoms with van der Waals surface area (Å²) >= 11 is 0. The van der Waals surface area contributed by atoms with Crippen LogP contribution in [0.25, 0.3) is 16.7 Å².